The summed E-state index contributed by atoms with van der Waals surface area (Å²) in [6.45, 7) is 0.312. The molecule has 1 heterocycles. The number of benzene rings is 2. The number of pyridine rings is 1. The Labute approximate surface area is 193 Å². The Morgan fingerprint density at radius 2 is 1.77 bits per heavy atom. The molecule has 2 aromatic carbocycles. The van der Waals surface area contributed by atoms with Crippen molar-refractivity contribution in [2.45, 2.75) is 12.8 Å². The van der Waals surface area contributed by atoms with Gasteiger partial charge in [-0.3, -0.25) is 9.36 Å². The first-order valence-corrected chi connectivity index (χ1v) is 10.5. The van der Waals surface area contributed by atoms with Crippen molar-refractivity contribution in [3.8, 4) is 5.69 Å². The molecule has 1 N–H and O–H groups in total. The zero-order valence-corrected chi connectivity index (χ0v) is 18.5. The van der Waals surface area contributed by atoms with Gasteiger partial charge in [-0.25, -0.2) is 4.39 Å². The number of halogens is 4. The summed E-state index contributed by atoms with van der Waals surface area (Å²) in [5.74, 6) is -0.496. The van der Waals surface area contributed by atoms with E-state index in [2.05, 4.69) is 5.16 Å². The van der Waals surface area contributed by atoms with Gasteiger partial charge in [-0.2, -0.15) is 0 Å². The second kappa shape index (κ2) is 10.8. The van der Waals surface area contributed by atoms with E-state index in [1.165, 1.54) is 35.0 Å². The smallest absolute Gasteiger partial charge is 0.255 e. The van der Waals surface area contributed by atoms with Gasteiger partial charge < -0.3 is 9.94 Å². The molecule has 1 aromatic heterocycles. The minimum Gasteiger partial charge on any atom is -0.396 e. The maximum atomic E-state index is 13.6. The number of rotatable bonds is 8. The molecule has 0 bridgehead atoms. The van der Waals surface area contributed by atoms with Gasteiger partial charge in [0.25, 0.3) is 5.56 Å². The number of oxime groups is 1. The fraction of sp³-hybridized carbons (Fsp3) is 0.182. The average molecular weight is 484 g/mol. The van der Waals surface area contributed by atoms with Gasteiger partial charge in [-0.05, 0) is 49.2 Å². The number of aliphatic hydroxyl groups excluding tert-OH is 1. The molecule has 3 aromatic rings. The number of hydrogen-bond donors (Lipinski definition) is 1. The SMILES string of the molecule is O=c1ccc(C(=NOCCCCO)c2ccc(F)cc2Cl)cn1-c1c(Cl)cccc1Cl. The third-order valence-electron chi connectivity index (χ3n) is 4.35. The minimum atomic E-state index is -0.496. The molecular formula is C22H18Cl3FN2O3. The quantitative estimate of drug-likeness (QED) is 0.262. The van der Waals surface area contributed by atoms with E-state index in [0.717, 1.165) is 0 Å². The highest BCUT2D eigenvalue weighted by molar-refractivity contribution is 6.38. The number of unbranched alkanes of at least 4 members (excludes halogenated alkanes) is 1. The van der Waals surface area contributed by atoms with Crippen molar-refractivity contribution in [2.24, 2.45) is 5.16 Å². The van der Waals surface area contributed by atoms with Crippen LogP contribution in [0.3, 0.4) is 0 Å². The normalized spacial score (nSPS) is 11.6. The van der Waals surface area contributed by atoms with Gasteiger partial charge in [0.15, 0.2) is 0 Å². The number of aromatic nitrogens is 1. The number of para-hydroxylation sites is 1. The molecule has 0 aliphatic heterocycles. The van der Waals surface area contributed by atoms with Crippen LogP contribution in [0.25, 0.3) is 5.69 Å². The predicted octanol–water partition coefficient (Wildman–Crippen LogP) is 5.48. The molecule has 162 valence electrons. The van der Waals surface area contributed by atoms with Crippen LogP contribution in [0.5, 0.6) is 0 Å². The van der Waals surface area contributed by atoms with Crippen molar-refractivity contribution < 1.29 is 14.3 Å². The van der Waals surface area contributed by atoms with E-state index in [1.54, 1.807) is 24.3 Å². The Balaban J connectivity index is 2.11. The van der Waals surface area contributed by atoms with Crippen LogP contribution in [-0.4, -0.2) is 28.6 Å². The fourth-order valence-corrected chi connectivity index (χ4v) is 3.68. The van der Waals surface area contributed by atoms with E-state index in [4.69, 9.17) is 44.7 Å². The second-order valence-corrected chi connectivity index (χ2v) is 7.75. The highest BCUT2D eigenvalue weighted by Gasteiger charge is 2.16. The Kier molecular flexibility index (Phi) is 8.09. The predicted molar refractivity (Wildman–Crippen MR) is 121 cm³/mol. The lowest BCUT2D eigenvalue weighted by atomic mass is 10.0. The summed E-state index contributed by atoms with van der Waals surface area (Å²) in [6, 6.07) is 11.7. The van der Waals surface area contributed by atoms with E-state index in [-0.39, 0.29) is 23.8 Å². The molecule has 0 spiro atoms. The van der Waals surface area contributed by atoms with E-state index < -0.39 is 5.82 Å². The lowest BCUT2D eigenvalue weighted by molar-refractivity contribution is 0.134. The van der Waals surface area contributed by atoms with Crippen LogP contribution in [0.4, 0.5) is 4.39 Å². The third-order valence-corrected chi connectivity index (χ3v) is 5.27. The van der Waals surface area contributed by atoms with Crippen molar-refractivity contribution in [1.29, 1.82) is 0 Å². The van der Waals surface area contributed by atoms with Gasteiger partial charge in [0, 0.05) is 30.0 Å². The summed E-state index contributed by atoms with van der Waals surface area (Å²) >= 11 is 18.8. The van der Waals surface area contributed by atoms with Crippen molar-refractivity contribution >= 4 is 40.5 Å². The monoisotopic (exact) mass is 482 g/mol. The van der Waals surface area contributed by atoms with Crippen LogP contribution in [0, 0.1) is 5.82 Å². The first-order valence-electron chi connectivity index (χ1n) is 9.36. The van der Waals surface area contributed by atoms with Gasteiger partial charge in [0.05, 0.1) is 20.8 Å². The zero-order valence-electron chi connectivity index (χ0n) is 16.2. The van der Waals surface area contributed by atoms with Crippen LogP contribution < -0.4 is 5.56 Å². The largest absolute Gasteiger partial charge is 0.396 e. The van der Waals surface area contributed by atoms with Crippen LogP contribution in [-0.2, 0) is 4.84 Å². The highest BCUT2D eigenvalue weighted by Crippen LogP contribution is 2.28. The van der Waals surface area contributed by atoms with Crippen molar-refractivity contribution in [1.82, 2.24) is 4.57 Å². The molecule has 5 nitrogen and oxygen atoms in total. The van der Waals surface area contributed by atoms with E-state index in [0.29, 0.717) is 45.4 Å². The summed E-state index contributed by atoms with van der Waals surface area (Å²) in [5, 5.41) is 13.8. The van der Waals surface area contributed by atoms with Crippen molar-refractivity contribution in [3.63, 3.8) is 0 Å². The molecule has 0 saturated carbocycles. The highest BCUT2D eigenvalue weighted by atomic mass is 35.5. The standard InChI is InChI=1S/C22H18Cl3FN2O3/c23-17-4-3-5-18(24)22(17)28-13-14(6-9-20(28)30)21(27-31-11-2-1-10-29)16-8-7-15(26)12-19(16)25/h3-9,12-13,29H,1-2,10-11H2. The zero-order chi connectivity index (χ0) is 22.4. The molecule has 0 saturated heterocycles. The summed E-state index contributed by atoms with van der Waals surface area (Å²) in [6.07, 6.45) is 2.68. The molecule has 0 aliphatic rings. The minimum absolute atomic E-state index is 0.0489. The molecule has 0 aliphatic carbocycles. The molecule has 0 unspecified atom stereocenters. The van der Waals surface area contributed by atoms with Crippen LogP contribution >= 0.6 is 34.8 Å². The summed E-state index contributed by atoms with van der Waals surface area (Å²) in [5.41, 5.74) is 1.16. The first-order chi connectivity index (χ1) is 14.9. The lowest BCUT2D eigenvalue weighted by Gasteiger charge is -2.14. The molecule has 0 fully saturated rings. The van der Waals surface area contributed by atoms with E-state index in [1.807, 2.05) is 0 Å². The molecule has 0 amide bonds. The van der Waals surface area contributed by atoms with Crippen LogP contribution in [0.2, 0.25) is 15.1 Å². The second-order valence-electron chi connectivity index (χ2n) is 6.52. The molecule has 3 rings (SSSR count). The fourth-order valence-electron chi connectivity index (χ4n) is 2.85. The number of hydrogen-bond acceptors (Lipinski definition) is 4. The number of aliphatic hydroxyl groups is 1. The molecule has 9 heteroatoms. The van der Waals surface area contributed by atoms with Crippen LogP contribution in [0.15, 0.2) is 64.7 Å². The summed E-state index contributed by atoms with van der Waals surface area (Å²) in [4.78, 5) is 18.0. The van der Waals surface area contributed by atoms with Gasteiger partial charge >= 0.3 is 0 Å². The Morgan fingerprint density at radius 3 is 2.45 bits per heavy atom. The van der Waals surface area contributed by atoms with Crippen LogP contribution in [0.1, 0.15) is 24.0 Å². The topological polar surface area (TPSA) is 63.8 Å². The van der Waals surface area contributed by atoms with Gasteiger partial charge in [-0.1, -0.05) is 46.0 Å². The van der Waals surface area contributed by atoms with Crippen molar-refractivity contribution in [2.75, 3.05) is 13.2 Å². The maximum absolute atomic E-state index is 13.6. The number of nitrogens with zero attached hydrogens (tertiary/aromatic N) is 2. The van der Waals surface area contributed by atoms with E-state index in [9.17, 15) is 9.18 Å². The Hall–Kier alpha value is -2.38. The first kappa shape index (κ1) is 23.3. The van der Waals surface area contributed by atoms with Gasteiger partial charge in [0.1, 0.15) is 18.1 Å². The third kappa shape index (κ3) is 5.66. The maximum Gasteiger partial charge on any atom is 0.255 e. The molecular weight excluding hydrogens is 466 g/mol. The summed E-state index contributed by atoms with van der Waals surface area (Å²) in [7, 11) is 0. The molecule has 0 radical (unpaired) electrons. The summed E-state index contributed by atoms with van der Waals surface area (Å²) < 4.78 is 14.9. The molecule has 0 atom stereocenters. The van der Waals surface area contributed by atoms with E-state index >= 15 is 0 Å². The van der Waals surface area contributed by atoms with Gasteiger partial charge in [0.2, 0.25) is 0 Å². The lowest BCUT2D eigenvalue weighted by Crippen LogP contribution is -2.20. The van der Waals surface area contributed by atoms with Crippen molar-refractivity contribution in [3.05, 3.63) is 97.1 Å². The van der Waals surface area contributed by atoms with Gasteiger partial charge in [-0.15, -0.1) is 0 Å². The average Bonchev–Trinajstić information content (AvgIpc) is 2.73. The Morgan fingerprint density at radius 1 is 1.03 bits per heavy atom. The Bertz CT molecular complexity index is 1140. The molecule has 31 heavy (non-hydrogen) atoms.